The second-order valence-corrected chi connectivity index (χ2v) is 4.55. The second-order valence-electron chi connectivity index (χ2n) is 4.55. The number of ketones is 1. The molecule has 0 saturated carbocycles. The molecule has 0 aliphatic carbocycles. The zero-order chi connectivity index (χ0) is 13.5. The maximum absolute atomic E-state index is 11.6. The van der Waals surface area contributed by atoms with E-state index in [1.165, 1.54) is 13.0 Å². The van der Waals surface area contributed by atoms with Crippen molar-refractivity contribution in [1.82, 2.24) is 0 Å². The van der Waals surface area contributed by atoms with Crippen LogP contribution in [0.1, 0.15) is 32.8 Å². The van der Waals surface area contributed by atoms with Gasteiger partial charge < -0.3 is 4.74 Å². The van der Waals surface area contributed by atoms with Crippen LogP contribution in [0.4, 0.5) is 0 Å². The third-order valence-electron chi connectivity index (χ3n) is 2.22. The van der Waals surface area contributed by atoms with Crippen molar-refractivity contribution in [3.63, 3.8) is 0 Å². The summed E-state index contributed by atoms with van der Waals surface area (Å²) in [5.41, 5.74) is 0.727. The topological polar surface area (TPSA) is 43.4 Å². The van der Waals surface area contributed by atoms with E-state index in [4.69, 9.17) is 4.74 Å². The van der Waals surface area contributed by atoms with E-state index in [0.29, 0.717) is 12.2 Å². The highest BCUT2D eigenvalue weighted by Gasteiger charge is 2.09. The normalized spacial score (nSPS) is 10.9. The number of hydrogen-bond donors (Lipinski definition) is 0. The molecule has 0 heterocycles. The van der Waals surface area contributed by atoms with E-state index in [-0.39, 0.29) is 17.7 Å². The minimum absolute atomic E-state index is 0.0432. The van der Waals surface area contributed by atoms with E-state index in [0.717, 1.165) is 5.56 Å². The number of benzene rings is 1. The Morgan fingerprint density at radius 1 is 1.28 bits per heavy atom. The van der Waals surface area contributed by atoms with Crippen molar-refractivity contribution in [2.75, 3.05) is 0 Å². The van der Waals surface area contributed by atoms with Gasteiger partial charge >= 0.3 is 5.97 Å². The molecule has 0 aromatic heterocycles. The van der Waals surface area contributed by atoms with Gasteiger partial charge in [0.05, 0.1) is 0 Å². The van der Waals surface area contributed by atoms with Gasteiger partial charge in [0.15, 0.2) is 5.78 Å². The molecule has 0 fully saturated rings. The lowest BCUT2D eigenvalue weighted by Crippen LogP contribution is -2.11. The molecule has 96 valence electrons. The molecule has 1 aromatic carbocycles. The predicted octanol–water partition coefficient (Wildman–Crippen LogP) is 3.24. The van der Waals surface area contributed by atoms with Crippen LogP contribution < -0.4 is 4.74 Å². The van der Waals surface area contributed by atoms with Gasteiger partial charge in [-0.2, -0.15) is 0 Å². The van der Waals surface area contributed by atoms with Crippen molar-refractivity contribution in [1.29, 1.82) is 0 Å². The number of carbonyl (C=O) groups is 2. The number of ether oxygens (including phenoxy) is 1. The van der Waals surface area contributed by atoms with E-state index in [2.05, 4.69) is 0 Å². The summed E-state index contributed by atoms with van der Waals surface area (Å²) in [4.78, 5) is 22.5. The summed E-state index contributed by atoms with van der Waals surface area (Å²) in [7, 11) is 0. The van der Waals surface area contributed by atoms with Crippen molar-refractivity contribution in [3.8, 4) is 5.75 Å². The van der Waals surface area contributed by atoms with Crippen LogP contribution in [0.5, 0.6) is 5.75 Å². The van der Waals surface area contributed by atoms with Gasteiger partial charge in [0.1, 0.15) is 5.75 Å². The Bertz CT molecular complexity index is 459. The van der Waals surface area contributed by atoms with Gasteiger partial charge in [-0.05, 0) is 31.1 Å². The Morgan fingerprint density at radius 3 is 2.56 bits per heavy atom. The summed E-state index contributed by atoms with van der Waals surface area (Å²) in [5.74, 6) is 0.449. The van der Waals surface area contributed by atoms with Gasteiger partial charge in [-0.25, -0.2) is 0 Å². The Balaban J connectivity index is 2.82. The number of allylic oxidation sites excluding steroid dienone is 1. The largest absolute Gasteiger partial charge is 0.426 e. The van der Waals surface area contributed by atoms with E-state index in [9.17, 15) is 9.59 Å². The van der Waals surface area contributed by atoms with E-state index in [1.807, 2.05) is 19.9 Å². The lowest BCUT2D eigenvalue weighted by Gasteiger charge is -2.08. The monoisotopic (exact) mass is 246 g/mol. The number of carbonyl (C=O) groups excluding carboxylic acids is 2. The van der Waals surface area contributed by atoms with Crippen LogP contribution in [-0.2, 0) is 9.59 Å². The van der Waals surface area contributed by atoms with Crippen LogP contribution in [0.3, 0.4) is 0 Å². The maximum atomic E-state index is 11.6. The average molecular weight is 246 g/mol. The molecule has 3 nitrogen and oxygen atoms in total. The quantitative estimate of drug-likeness (QED) is 0.455. The molecule has 0 aliphatic rings. The van der Waals surface area contributed by atoms with Crippen LogP contribution in [-0.4, -0.2) is 11.8 Å². The van der Waals surface area contributed by atoms with Crippen molar-refractivity contribution in [3.05, 3.63) is 35.9 Å². The van der Waals surface area contributed by atoms with Gasteiger partial charge in [-0.15, -0.1) is 0 Å². The number of esters is 1. The minimum Gasteiger partial charge on any atom is -0.426 e. The van der Waals surface area contributed by atoms with Gasteiger partial charge in [0.2, 0.25) is 0 Å². The first-order valence-electron chi connectivity index (χ1n) is 5.97. The molecular weight excluding hydrogens is 228 g/mol. The van der Waals surface area contributed by atoms with Crippen LogP contribution in [0, 0.1) is 5.92 Å². The van der Waals surface area contributed by atoms with Gasteiger partial charge in [0, 0.05) is 12.0 Å². The second kappa shape index (κ2) is 6.74. The first-order valence-corrected chi connectivity index (χ1v) is 5.97. The van der Waals surface area contributed by atoms with E-state index in [1.54, 1.807) is 24.3 Å². The Labute approximate surface area is 107 Å². The summed E-state index contributed by atoms with van der Waals surface area (Å²) in [6.45, 7) is 5.40. The molecule has 0 radical (unpaired) electrons. The number of rotatable bonds is 5. The van der Waals surface area contributed by atoms with Crippen molar-refractivity contribution in [2.45, 2.75) is 27.2 Å². The van der Waals surface area contributed by atoms with Crippen molar-refractivity contribution in [2.24, 2.45) is 5.92 Å². The highest BCUT2D eigenvalue weighted by atomic mass is 16.5. The van der Waals surface area contributed by atoms with Gasteiger partial charge in [-0.1, -0.05) is 32.0 Å². The van der Waals surface area contributed by atoms with Crippen molar-refractivity contribution >= 4 is 17.8 Å². The zero-order valence-corrected chi connectivity index (χ0v) is 11.0. The highest BCUT2D eigenvalue weighted by molar-refractivity contribution is 5.92. The molecular formula is C15H18O3. The summed E-state index contributed by atoms with van der Waals surface area (Å²) < 4.78 is 5.29. The van der Waals surface area contributed by atoms with Crippen LogP contribution in [0.15, 0.2) is 30.3 Å². The smallest absolute Gasteiger partial charge is 0.311 e. The fourth-order valence-corrected chi connectivity index (χ4v) is 1.42. The fourth-order valence-electron chi connectivity index (χ4n) is 1.42. The zero-order valence-electron chi connectivity index (χ0n) is 11.0. The molecule has 0 spiro atoms. The molecule has 0 amide bonds. The maximum Gasteiger partial charge on any atom is 0.311 e. The summed E-state index contributed by atoms with van der Waals surface area (Å²) in [5, 5.41) is 0. The molecule has 0 N–H and O–H groups in total. The molecule has 0 bridgehead atoms. The fraction of sp³-hybridized carbons (Fsp3) is 0.333. The lowest BCUT2D eigenvalue weighted by atomic mass is 10.1. The molecule has 0 atom stereocenters. The van der Waals surface area contributed by atoms with Crippen LogP contribution in [0.2, 0.25) is 0 Å². The number of para-hydroxylation sites is 1. The SMILES string of the molecule is CC(=O)C=Cc1ccccc1OC(=O)CC(C)C. The third kappa shape index (κ3) is 4.95. The first kappa shape index (κ1) is 14.2. The Hall–Kier alpha value is -1.90. The van der Waals surface area contributed by atoms with Crippen LogP contribution in [0.25, 0.3) is 6.08 Å². The van der Waals surface area contributed by atoms with Gasteiger partial charge in [-0.3, -0.25) is 9.59 Å². The number of hydrogen-bond acceptors (Lipinski definition) is 3. The molecule has 1 aromatic rings. The molecule has 1 rings (SSSR count). The molecule has 0 unspecified atom stereocenters. The standard InChI is InChI=1S/C15H18O3/c1-11(2)10-15(17)18-14-7-5-4-6-13(14)9-8-12(3)16/h4-9,11H,10H2,1-3H3. The van der Waals surface area contributed by atoms with Crippen LogP contribution >= 0.6 is 0 Å². The summed E-state index contributed by atoms with van der Waals surface area (Å²) in [6, 6.07) is 7.15. The lowest BCUT2D eigenvalue weighted by molar-refractivity contribution is -0.135. The molecule has 3 heteroatoms. The summed E-state index contributed by atoms with van der Waals surface area (Å²) in [6.07, 6.45) is 3.49. The average Bonchev–Trinajstić information content (AvgIpc) is 2.26. The first-order chi connectivity index (χ1) is 8.49. The van der Waals surface area contributed by atoms with E-state index >= 15 is 0 Å². The summed E-state index contributed by atoms with van der Waals surface area (Å²) >= 11 is 0. The molecule has 18 heavy (non-hydrogen) atoms. The Kier molecular flexibility index (Phi) is 5.31. The van der Waals surface area contributed by atoms with Crippen molar-refractivity contribution < 1.29 is 14.3 Å². The minimum atomic E-state index is -0.256. The third-order valence-corrected chi connectivity index (χ3v) is 2.22. The predicted molar refractivity (Wildman–Crippen MR) is 71.2 cm³/mol. The molecule has 0 aliphatic heterocycles. The van der Waals surface area contributed by atoms with Gasteiger partial charge in [0.25, 0.3) is 0 Å². The highest BCUT2D eigenvalue weighted by Crippen LogP contribution is 2.20. The van der Waals surface area contributed by atoms with E-state index < -0.39 is 0 Å². The molecule has 0 saturated heterocycles. The Morgan fingerprint density at radius 2 is 1.94 bits per heavy atom.